The molecule has 5 rings (SSSR count). The van der Waals surface area contributed by atoms with Crippen LogP contribution in [0.25, 0.3) is 42.9 Å². The van der Waals surface area contributed by atoms with Crippen LogP contribution in [0.4, 0.5) is 0 Å². The van der Waals surface area contributed by atoms with Gasteiger partial charge in [0, 0.05) is 35.8 Å². The molecule has 2 heterocycles. The Morgan fingerprint density at radius 2 is 1.68 bits per heavy atom. The highest BCUT2D eigenvalue weighted by Crippen LogP contribution is 2.44. The van der Waals surface area contributed by atoms with Crippen LogP contribution in [0.15, 0.2) is 53.3 Å². The molecule has 0 bridgehead atoms. The number of fused-ring (bicyclic) bond motifs is 2. The molecule has 0 saturated heterocycles. The Kier molecular flexibility index (Phi) is 7.37. The zero-order valence-electron chi connectivity index (χ0n) is 23.7. The number of carbonyl (C=O) groups is 1. The molecule has 0 fully saturated rings. The van der Waals surface area contributed by atoms with Crippen molar-refractivity contribution >= 4 is 50.2 Å². The third kappa shape index (κ3) is 5.07. The molecule has 2 aromatic heterocycles. The zero-order chi connectivity index (χ0) is 28.9. The van der Waals surface area contributed by atoms with E-state index >= 15 is 0 Å². The van der Waals surface area contributed by atoms with Gasteiger partial charge in [-0.3, -0.25) is 9.13 Å². The van der Waals surface area contributed by atoms with Gasteiger partial charge in [-0.25, -0.2) is 14.6 Å². The minimum Gasteiger partial charge on any atom is -0.464 e. The summed E-state index contributed by atoms with van der Waals surface area (Å²) in [5.41, 5.74) is 6.12. The second kappa shape index (κ2) is 10.5. The minimum absolute atomic E-state index is 0.0782. The van der Waals surface area contributed by atoms with Crippen LogP contribution in [0, 0.1) is 6.92 Å². The number of thiazole rings is 1. The van der Waals surface area contributed by atoms with Crippen molar-refractivity contribution in [2.45, 2.75) is 46.3 Å². The lowest BCUT2D eigenvalue weighted by Crippen LogP contribution is -2.29. The maximum atomic E-state index is 13.3. The summed E-state index contributed by atoms with van der Waals surface area (Å²) in [7, 11) is 3.54. The van der Waals surface area contributed by atoms with Crippen LogP contribution >= 0.6 is 22.9 Å². The number of benzene rings is 3. The first kappa shape index (κ1) is 28.1. The number of nitrogens with zero attached hydrogens (tertiary/aromatic N) is 3. The van der Waals surface area contributed by atoms with Gasteiger partial charge in [0.25, 0.3) is 0 Å². The highest BCUT2D eigenvalue weighted by molar-refractivity contribution is 7.22. The first-order valence-electron chi connectivity index (χ1n) is 13.1. The molecule has 0 radical (unpaired) electrons. The fraction of sp³-hybridized carbons (Fsp3) is 0.323. The molecular weight excluding hydrogens is 546 g/mol. The third-order valence-electron chi connectivity index (χ3n) is 6.81. The number of esters is 1. The maximum Gasteiger partial charge on any atom is 0.339 e. The second-order valence-corrected chi connectivity index (χ2v) is 12.3. The van der Waals surface area contributed by atoms with E-state index in [-0.39, 0.29) is 12.3 Å². The number of hydrogen-bond acceptors (Lipinski definition) is 6. The first-order chi connectivity index (χ1) is 18.9. The number of imidazole rings is 1. The molecule has 0 amide bonds. The maximum absolute atomic E-state index is 13.3. The Morgan fingerprint density at radius 1 is 1.02 bits per heavy atom. The summed E-state index contributed by atoms with van der Waals surface area (Å²) in [6.45, 7) is 9.77. The molecule has 5 aromatic rings. The molecular formula is C31H32ClN3O4S. The molecule has 0 saturated carbocycles. The van der Waals surface area contributed by atoms with Crippen LogP contribution in [-0.4, -0.2) is 32.3 Å². The quantitative estimate of drug-likeness (QED) is 0.199. The summed E-state index contributed by atoms with van der Waals surface area (Å²) >= 11 is 7.79. The number of ether oxygens (including phenoxy) is 2. The summed E-state index contributed by atoms with van der Waals surface area (Å²) in [5.74, 6) is -0.435. The molecule has 0 N–H and O–H groups in total. The molecule has 1 atom stereocenters. The van der Waals surface area contributed by atoms with Crippen LogP contribution in [0.1, 0.15) is 44.9 Å². The van der Waals surface area contributed by atoms with Gasteiger partial charge in [0.15, 0.2) is 6.10 Å². The van der Waals surface area contributed by atoms with E-state index in [0.717, 1.165) is 54.1 Å². The Bertz CT molecular complexity index is 1810. The second-order valence-electron chi connectivity index (χ2n) is 10.8. The van der Waals surface area contributed by atoms with Gasteiger partial charge in [-0.1, -0.05) is 23.7 Å². The number of aryl methyl sites for hydroxylation is 3. The van der Waals surface area contributed by atoms with E-state index in [1.165, 1.54) is 11.3 Å². The van der Waals surface area contributed by atoms with Crippen molar-refractivity contribution in [1.82, 2.24) is 14.1 Å². The van der Waals surface area contributed by atoms with Crippen LogP contribution in [0.2, 0.25) is 5.02 Å². The van der Waals surface area contributed by atoms with E-state index in [9.17, 15) is 9.59 Å². The topological polar surface area (TPSA) is 75.3 Å². The standard InChI is InChI=1S/C31H32ClN3O4S/c1-8-38-29(36)26(39-31(3,4)5)24-17(2)15-21-27(25(24)18-9-12-20(32)13-10-18)40-28(33-21)19-11-14-22-23(16-19)35(7)30(37)34(22)6/h9-16,26H,8H2,1-7H3. The summed E-state index contributed by atoms with van der Waals surface area (Å²) < 4.78 is 16.1. The SMILES string of the molecule is CCOC(=O)C(OC(C)(C)C)c1c(C)cc2nc(-c3ccc4c(c3)n(C)c(=O)n4C)sc2c1-c1ccc(Cl)cc1. The van der Waals surface area contributed by atoms with Crippen LogP contribution in [0.3, 0.4) is 0 Å². The molecule has 1 unspecified atom stereocenters. The zero-order valence-corrected chi connectivity index (χ0v) is 25.2. The van der Waals surface area contributed by atoms with Crippen molar-refractivity contribution < 1.29 is 14.3 Å². The molecule has 0 spiro atoms. The molecule has 9 heteroatoms. The summed E-state index contributed by atoms with van der Waals surface area (Å²) in [5, 5.41) is 1.43. The first-order valence-corrected chi connectivity index (χ1v) is 14.3. The predicted molar refractivity (Wildman–Crippen MR) is 162 cm³/mol. The summed E-state index contributed by atoms with van der Waals surface area (Å²) in [4.78, 5) is 30.9. The predicted octanol–water partition coefficient (Wildman–Crippen LogP) is 7.20. The van der Waals surface area contributed by atoms with Gasteiger partial charge in [-0.2, -0.15) is 0 Å². The van der Waals surface area contributed by atoms with E-state index < -0.39 is 17.7 Å². The van der Waals surface area contributed by atoms with Crippen molar-refractivity contribution in [2.75, 3.05) is 6.61 Å². The van der Waals surface area contributed by atoms with Gasteiger partial charge in [0.05, 0.1) is 33.5 Å². The number of rotatable bonds is 6. The largest absolute Gasteiger partial charge is 0.464 e. The number of hydrogen-bond donors (Lipinski definition) is 0. The highest BCUT2D eigenvalue weighted by atomic mass is 35.5. The van der Waals surface area contributed by atoms with E-state index in [1.807, 2.05) is 76.2 Å². The third-order valence-corrected chi connectivity index (χ3v) is 8.20. The Labute approximate surface area is 241 Å². The van der Waals surface area contributed by atoms with Crippen LogP contribution < -0.4 is 5.69 Å². The number of aromatic nitrogens is 3. The summed E-state index contributed by atoms with van der Waals surface area (Å²) in [6, 6.07) is 15.5. The lowest BCUT2D eigenvalue weighted by molar-refractivity contribution is -0.166. The van der Waals surface area contributed by atoms with Gasteiger partial charge in [-0.15, -0.1) is 11.3 Å². The number of halogens is 1. The van der Waals surface area contributed by atoms with Gasteiger partial charge in [-0.05, 0) is 82.1 Å². The minimum atomic E-state index is -0.934. The molecule has 40 heavy (non-hydrogen) atoms. The van der Waals surface area contributed by atoms with Crippen molar-refractivity contribution in [3.63, 3.8) is 0 Å². The smallest absolute Gasteiger partial charge is 0.339 e. The van der Waals surface area contributed by atoms with Gasteiger partial charge >= 0.3 is 11.7 Å². The molecule has 0 aliphatic carbocycles. The van der Waals surface area contributed by atoms with Crippen LogP contribution in [-0.2, 0) is 28.4 Å². The van der Waals surface area contributed by atoms with Crippen LogP contribution in [0.5, 0.6) is 0 Å². The fourth-order valence-corrected chi connectivity index (χ4v) is 6.26. The molecule has 0 aliphatic heterocycles. The lowest BCUT2D eigenvalue weighted by atomic mass is 9.91. The Balaban J connectivity index is 1.79. The van der Waals surface area contributed by atoms with Crippen molar-refractivity contribution in [2.24, 2.45) is 14.1 Å². The normalized spacial score (nSPS) is 12.8. The fourth-order valence-electron chi connectivity index (χ4n) is 5.01. The average Bonchev–Trinajstić information content (AvgIpc) is 3.41. The molecule has 3 aromatic carbocycles. The van der Waals surface area contributed by atoms with Gasteiger partial charge < -0.3 is 9.47 Å². The van der Waals surface area contributed by atoms with Gasteiger partial charge in [0.2, 0.25) is 0 Å². The molecule has 208 valence electrons. The van der Waals surface area contributed by atoms with Crippen molar-refractivity contribution in [3.8, 4) is 21.7 Å². The molecule has 0 aliphatic rings. The average molecular weight is 578 g/mol. The Hall–Kier alpha value is -3.46. The Morgan fingerprint density at radius 3 is 2.33 bits per heavy atom. The lowest BCUT2D eigenvalue weighted by Gasteiger charge is -2.29. The van der Waals surface area contributed by atoms with E-state index in [1.54, 1.807) is 30.2 Å². The number of carbonyl (C=O) groups excluding carboxylic acids is 1. The molecule has 7 nitrogen and oxygen atoms in total. The highest BCUT2D eigenvalue weighted by Gasteiger charge is 2.33. The van der Waals surface area contributed by atoms with Crippen molar-refractivity contribution in [1.29, 1.82) is 0 Å². The monoisotopic (exact) mass is 577 g/mol. The summed E-state index contributed by atoms with van der Waals surface area (Å²) in [6.07, 6.45) is -0.934. The van der Waals surface area contributed by atoms with E-state index in [4.69, 9.17) is 26.1 Å². The van der Waals surface area contributed by atoms with Crippen molar-refractivity contribution in [3.05, 3.63) is 75.2 Å². The van der Waals surface area contributed by atoms with E-state index in [2.05, 4.69) is 0 Å². The van der Waals surface area contributed by atoms with E-state index in [0.29, 0.717) is 5.02 Å². The van der Waals surface area contributed by atoms with Gasteiger partial charge in [0.1, 0.15) is 5.01 Å².